The molecule has 0 aliphatic heterocycles. The highest BCUT2D eigenvalue weighted by Crippen LogP contribution is 2.80. The molecule has 1 heterocycles. The number of carbonyl (C=O) groups is 3. The van der Waals surface area contributed by atoms with E-state index in [1.54, 1.807) is 0 Å². The molecule has 0 aliphatic rings. The number of nitrogens with one attached hydrogen (secondary N) is 1. The van der Waals surface area contributed by atoms with E-state index in [4.69, 9.17) is 47.7 Å². The van der Waals surface area contributed by atoms with Crippen LogP contribution in [0.3, 0.4) is 0 Å². The number of carbonyl (C=O) groups excluding carboxylic acids is 2. The van der Waals surface area contributed by atoms with Crippen molar-refractivity contribution < 1.29 is 81.2 Å². The predicted molar refractivity (Wildman–Crippen MR) is 153 cm³/mol. The van der Waals surface area contributed by atoms with E-state index in [2.05, 4.69) is 20.3 Å². The molecule has 1 aromatic rings. The van der Waals surface area contributed by atoms with Gasteiger partial charge in [0.15, 0.2) is 5.13 Å². The van der Waals surface area contributed by atoms with Crippen LogP contribution in [0.5, 0.6) is 0 Å². The number of ether oxygens (including phenoxy) is 2. The molecule has 0 aliphatic carbocycles. The van der Waals surface area contributed by atoms with Gasteiger partial charge in [0.1, 0.15) is 18.4 Å². The number of anilines is 1. The summed E-state index contributed by atoms with van der Waals surface area (Å²) in [5.41, 5.74) is -2.06. The van der Waals surface area contributed by atoms with Gasteiger partial charge >= 0.3 is 32.4 Å². The largest absolute Gasteiger partial charge is 0.510 e. The van der Waals surface area contributed by atoms with Crippen LogP contribution in [0.2, 0.25) is 0 Å². The molecule has 0 radical (unpaired) electrons. The number of aliphatic carboxylic acids is 1. The molecule has 1 rings (SSSR count). The van der Waals surface area contributed by atoms with E-state index in [1.165, 1.54) is 53.8 Å². The number of oxime groups is 1. The monoisotopic (exact) mass is 709 g/mol. The first-order valence-electron chi connectivity index (χ1n) is 13.0. The van der Waals surface area contributed by atoms with Crippen molar-refractivity contribution in [1.82, 2.24) is 4.98 Å². The second-order valence-corrected chi connectivity index (χ2v) is 14.2. The minimum atomic E-state index is -5.54. The maximum Gasteiger partial charge on any atom is 0.510 e. The van der Waals surface area contributed by atoms with Gasteiger partial charge in [-0.1, -0.05) is 5.16 Å². The number of hydrogen-bond acceptors (Lipinski definition) is 19. The number of hydrogen-bond donors (Lipinski definition) is 2. The number of amides is 1. The van der Waals surface area contributed by atoms with E-state index in [0.717, 1.165) is 18.4 Å². The Balaban J connectivity index is 3.92. The lowest BCUT2D eigenvalue weighted by atomic mass is 10.2. The lowest BCUT2D eigenvalue weighted by Gasteiger charge is -2.38. The van der Waals surface area contributed by atoms with Crippen molar-refractivity contribution in [3.05, 3.63) is 11.1 Å². The van der Waals surface area contributed by atoms with E-state index in [9.17, 15) is 28.6 Å². The average molecular weight is 710 g/mol. The molecule has 45 heavy (non-hydrogen) atoms. The molecule has 23 heteroatoms. The van der Waals surface area contributed by atoms with Crippen molar-refractivity contribution in [1.29, 1.82) is 0 Å². The van der Waals surface area contributed by atoms with Crippen LogP contribution >= 0.6 is 26.5 Å². The lowest BCUT2D eigenvalue weighted by molar-refractivity contribution is -0.283. The third-order valence-corrected chi connectivity index (χ3v) is 9.98. The molecule has 1 aromatic heterocycles. The summed E-state index contributed by atoms with van der Waals surface area (Å²) >= 11 is 0.731. The number of thiazole rings is 1. The minimum absolute atomic E-state index is 0.212. The Labute approximate surface area is 262 Å². The molecule has 0 unspecified atom stereocenters. The van der Waals surface area contributed by atoms with Gasteiger partial charge in [0, 0.05) is 5.38 Å². The molecular formula is C22H37N3O17P2S. The summed E-state index contributed by atoms with van der Waals surface area (Å²) < 4.78 is 59.4. The van der Waals surface area contributed by atoms with Gasteiger partial charge < -0.3 is 24.7 Å². The Morgan fingerprint density at radius 1 is 0.889 bits per heavy atom. The number of carboxylic acid groups (broad SMARTS) is 1. The van der Waals surface area contributed by atoms with Crippen LogP contribution in [-0.2, 0) is 71.3 Å². The highest BCUT2D eigenvalue weighted by atomic mass is 32.1. The average Bonchev–Trinajstić information content (AvgIpc) is 3.41. The summed E-state index contributed by atoms with van der Waals surface area (Å²) in [4.78, 5) is 65.9. The van der Waals surface area contributed by atoms with Gasteiger partial charge in [0.25, 0.3) is 0 Å². The molecule has 258 valence electrons. The van der Waals surface area contributed by atoms with Crippen molar-refractivity contribution in [3.63, 3.8) is 0 Å². The van der Waals surface area contributed by atoms with Crippen molar-refractivity contribution in [3.8, 4) is 0 Å². The maximum atomic E-state index is 14.5. The van der Waals surface area contributed by atoms with E-state index < -0.39 is 56.0 Å². The molecule has 0 spiro atoms. The molecule has 2 N–H and O–H groups in total. The first-order chi connectivity index (χ1) is 21.1. The summed E-state index contributed by atoms with van der Waals surface area (Å²) in [5, 5.41) is 12.5. The highest BCUT2D eigenvalue weighted by molar-refractivity contribution is 7.73. The molecule has 0 saturated heterocycles. The highest BCUT2D eigenvalue weighted by Gasteiger charge is 2.74. The Bertz CT molecular complexity index is 1190. The second kappa shape index (κ2) is 18.6. The fraction of sp³-hybridized carbons (Fsp3) is 0.682. The summed E-state index contributed by atoms with van der Waals surface area (Å²) in [6.07, 6.45) is -3.09. The SMILES string of the molecule is CCOOP(=O)(OOCC)C(CC(=O)Nc1nc(/C(=N/OC)C(=O)O)cs1)(OC(=O)OC(C)(C)C)P(=O)(OOCC)OOCC. The van der Waals surface area contributed by atoms with E-state index in [1.807, 2.05) is 0 Å². The van der Waals surface area contributed by atoms with Crippen molar-refractivity contribution >= 4 is 55.4 Å². The normalized spacial score (nSPS) is 12.9. The third-order valence-electron chi connectivity index (χ3n) is 4.34. The minimum Gasteiger partial charge on any atom is -0.476 e. The Hall–Kier alpha value is -2.55. The van der Waals surface area contributed by atoms with Crippen molar-refractivity contribution in [2.75, 3.05) is 38.9 Å². The van der Waals surface area contributed by atoms with Crippen LogP contribution < -0.4 is 5.32 Å². The molecule has 1 amide bonds. The van der Waals surface area contributed by atoms with Crippen LogP contribution in [-0.4, -0.2) is 78.1 Å². The van der Waals surface area contributed by atoms with Gasteiger partial charge in [0.2, 0.25) is 11.6 Å². The Morgan fingerprint density at radius 3 is 1.73 bits per heavy atom. The summed E-state index contributed by atoms with van der Waals surface area (Å²) in [5.74, 6) is -2.74. The molecule has 0 atom stereocenters. The van der Waals surface area contributed by atoms with Crippen LogP contribution in [0.15, 0.2) is 10.5 Å². The van der Waals surface area contributed by atoms with Gasteiger partial charge in [-0.05, 0) is 48.5 Å². The van der Waals surface area contributed by atoms with Crippen molar-refractivity contribution in [2.45, 2.75) is 65.6 Å². The van der Waals surface area contributed by atoms with Gasteiger partial charge in [-0.15, -0.1) is 30.0 Å². The summed E-state index contributed by atoms with van der Waals surface area (Å²) in [7, 11) is -9.96. The Kier molecular flexibility index (Phi) is 16.7. The van der Waals surface area contributed by atoms with E-state index >= 15 is 0 Å². The molecule has 0 saturated carbocycles. The van der Waals surface area contributed by atoms with E-state index in [0.29, 0.717) is 0 Å². The fourth-order valence-electron chi connectivity index (χ4n) is 2.74. The van der Waals surface area contributed by atoms with E-state index in [-0.39, 0.29) is 37.3 Å². The zero-order chi connectivity index (χ0) is 34.3. The number of aromatic nitrogens is 1. The molecular weight excluding hydrogens is 672 g/mol. The molecule has 0 aromatic carbocycles. The quantitative estimate of drug-likeness (QED) is 0.0573. The first-order valence-corrected chi connectivity index (χ1v) is 17.0. The predicted octanol–water partition coefficient (Wildman–Crippen LogP) is 4.77. The third kappa shape index (κ3) is 11.6. The van der Waals surface area contributed by atoms with Crippen LogP contribution in [0.1, 0.15) is 60.6 Å². The van der Waals surface area contributed by atoms with Gasteiger partial charge in [-0.25, -0.2) is 43.3 Å². The van der Waals surface area contributed by atoms with Crippen molar-refractivity contribution in [2.24, 2.45) is 5.16 Å². The zero-order valence-electron chi connectivity index (χ0n) is 25.8. The smallest absolute Gasteiger partial charge is 0.476 e. The molecule has 0 bridgehead atoms. The fourth-order valence-corrected chi connectivity index (χ4v) is 7.59. The summed E-state index contributed by atoms with van der Waals surface area (Å²) in [6, 6.07) is 0. The number of nitrogens with zero attached hydrogens (tertiary/aromatic N) is 2. The van der Waals surface area contributed by atoms with Crippen LogP contribution in [0.25, 0.3) is 0 Å². The first kappa shape index (κ1) is 40.5. The van der Waals surface area contributed by atoms with Crippen LogP contribution in [0.4, 0.5) is 9.93 Å². The Morgan fingerprint density at radius 2 is 1.36 bits per heavy atom. The second-order valence-electron chi connectivity index (χ2n) is 8.92. The maximum absolute atomic E-state index is 14.5. The zero-order valence-corrected chi connectivity index (χ0v) is 28.4. The number of rotatable bonds is 21. The van der Waals surface area contributed by atoms with Gasteiger partial charge in [0.05, 0.1) is 32.8 Å². The van der Waals surface area contributed by atoms with Crippen LogP contribution in [0, 0.1) is 0 Å². The number of carboxylic acids is 1. The lowest BCUT2D eigenvalue weighted by Crippen LogP contribution is -2.42. The van der Waals surface area contributed by atoms with Gasteiger partial charge in [-0.2, -0.15) is 0 Å². The standard InChI is InChI=1S/C22H37N3O17P2S/c1-9-33-39-43(30,40-34-10-2)22(38-20(29)37-21(5,6)7,44(31,41-35-11-3)42-36-12-4)13-16(26)24-19-23-15(14-45-19)17(18(27)28)25-32-8/h14H,9-13H2,1-8H3,(H,27,28)(H,23,24,26)/b25-17-. The van der Waals surface area contributed by atoms with Gasteiger partial charge in [-0.3, -0.25) is 4.79 Å². The summed E-state index contributed by atoms with van der Waals surface area (Å²) in [6.45, 7) is 8.75. The molecule has 20 nitrogen and oxygen atoms in total. The molecule has 0 fully saturated rings. The topological polar surface area (TPSA) is 244 Å².